The van der Waals surface area contributed by atoms with Crippen LogP contribution in [0.1, 0.15) is 11.1 Å². The molecule has 1 aromatic rings. The van der Waals surface area contributed by atoms with E-state index in [2.05, 4.69) is 0 Å². The lowest BCUT2D eigenvalue weighted by atomic mass is 10.1. The van der Waals surface area contributed by atoms with Crippen LogP contribution in [0.15, 0.2) is 18.2 Å². The molecule has 0 aliphatic heterocycles. The molecule has 0 spiro atoms. The standard InChI is InChI=1S/C8H9F2N/c9-4-6-1-2-7(5-10)8(11)3-6/h1-3H,4-5,11H2. The highest BCUT2D eigenvalue weighted by atomic mass is 19.1. The van der Waals surface area contributed by atoms with Crippen molar-refractivity contribution in [3.63, 3.8) is 0 Å². The monoisotopic (exact) mass is 157 g/mol. The average molecular weight is 157 g/mol. The summed E-state index contributed by atoms with van der Waals surface area (Å²) < 4.78 is 24.0. The van der Waals surface area contributed by atoms with Crippen molar-refractivity contribution >= 4 is 5.69 Å². The van der Waals surface area contributed by atoms with Crippen LogP contribution in [-0.2, 0) is 13.3 Å². The largest absolute Gasteiger partial charge is 0.398 e. The molecule has 0 aromatic heterocycles. The van der Waals surface area contributed by atoms with Gasteiger partial charge in [0.15, 0.2) is 0 Å². The minimum Gasteiger partial charge on any atom is -0.398 e. The van der Waals surface area contributed by atoms with Gasteiger partial charge in [0.25, 0.3) is 0 Å². The maximum atomic E-state index is 12.0. The summed E-state index contributed by atoms with van der Waals surface area (Å²) in [5.74, 6) is 0. The van der Waals surface area contributed by atoms with E-state index in [9.17, 15) is 8.78 Å². The molecular weight excluding hydrogens is 148 g/mol. The average Bonchev–Trinajstić information content (AvgIpc) is 2.04. The van der Waals surface area contributed by atoms with E-state index in [0.717, 1.165) is 0 Å². The third-order valence-electron chi connectivity index (χ3n) is 1.51. The smallest absolute Gasteiger partial charge is 0.116 e. The Morgan fingerprint density at radius 1 is 1.18 bits per heavy atom. The Morgan fingerprint density at radius 2 is 1.91 bits per heavy atom. The van der Waals surface area contributed by atoms with Crippen LogP contribution in [0, 0.1) is 0 Å². The number of alkyl halides is 2. The first-order valence-electron chi connectivity index (χ1n) is 3.27. The van der Waals surface area contributed by atoms with Crippen LogP contribution < -0.4 is 5.73 Å². The Bertz CT molecular complexity index is 248. The van der Waals surface area contributed by atoms with E-state index in [1.165, 1.54) is 18.2 Å². The summed E-state index contributed by atoms with van der Waals surface area (Å²) in [7, 11) is 0. The molecule has 2 N–H and O–H groups in total. The number of halogens is 2. The van der Waals surface area contributed by atoms with Crippen LogP contribution in [0.3, 0.4) is 0 Å². The molecule has 0 aliphatic carbocycles. The van der Waals surface area contributed by atoms with Crippen LogP contribution in [0.25, 0.3) is 0 Å². The fourth-order valence-electron chi connectivity index (χ4n) is 0.849. The van der Waals surface area contributed by atoms with Gasteiger partial charge in [0.2, 0.25) is 0 Å². The number of hydrogen-bond acceptors (Lipinski definition) is 1. The van der Waals surface area contributed by atoms with Crippen LogP contribution in [0.2, 0.25) is 0 Å². The molecule has 0 saturated heterocycles. The van der Waals surface area contributed by atoms with Crippen LogP contribution in [0.4, 0.5) is 14.5 Å². The fraction of sp³-hybridized carbons (Fsp3) is 0.250. The molecule has 0 atom stereocenters. The number of nitrogen functional groups attached to an aromatic ring is 1. The van der Waals surface area contributed by atoms with Gasteiger partial charge in [0.05, 0.1) is 0 Å². The second-order valence-electron chi connectivity index (χ2n) is 2.30. The molecule has 1 nitrogen and oxygen atoms in total. The Hall–Kier alpha value is -1.12. The van der Waals surface area contributed by atoms with E-state index in [4.69, 9.17) is 5.73 Å². The van der Waals surface area contributed by atoms with Gasteiger partial charge in [-0.1, -0.05) is 12.1 Å². The zero-order valence-corrected chi connectivity index (χ0v) is 5.98. The maximum Gasteiger partial charge on any atom is 0.116 e. The molecule has 3 heteroatoms. The van der Waals surface area contributed by atoms with Crippen molar-refractivity contribution in [3.05, 3.63) is 29.3 Å². The van der Waals surface area contributed by atoms with Gasteiger partial charge in [-0.2, -0.15) is 0 Å². The first-order chi connectivity index (χ1) is 5.27. The molecule has 0 aliphatic rings. The molecule has 60 valence electrons. The summed E-state index contributed by atoms with van der Waals surface area (Å²) >= 11 is 0. The van der Waals surface area contributed by atoms with Crippen molar-refractivity contribution in [1.29, 1.82) is 0 Å². The summed E-state index contributed by atoms with van der Waals surface area (Å²) in [6.45, 7) is -1.16. The highest BCUT2D eigenvalue weighted by molar-refractivity contribution is 5.48. The predicted molar refractivity (Wildman–Crippen MR) is 40.5 cm³/mol. The highest BCUT2D eigenvalue weighted by Gasteiger charge is 1.99. The number of benzene rings is 1. The van der Waals surface area contributed by atoms with E-state index < -0.39 is 13.3 Å². The number of anilines is 1. The van der Waals surface area contributed by atoms with E-state index >= 15 is 0 Å². The lowest BCUT2D eigenvalue weighted by Crippen LogP contribution is -1.93. The van der Waals surface area contributed by atoms with E-state index in [-0.39, 0.29) is 0 Å². The summed E-state index contributed by atoms with van der Waals surface area (Å²) in [6.07, 6.45) is 0. The molecule has 1 aromatic carbocycles. The molecule has 0 heterocycles. The Morgan fingerprint density at radius 3 is 2.36 bits per heavy atom. The van der Waals surface area contributed by atoms with Crippen molar-refractivity contribution in [1.82, 2.24) is 0 Å². The van der Waals surface area contributed by atoms with Gasteiger partial charge < -0.3 is 5.73 Å². The molecule has 0 amide bonds. The Kier molecular flexibility index (Phi) is 2.41. The summed E-state index contributed by atoms with van der Waals surface area (Å²) in [5.41, 5.74) is 6.63. The number of hydrogen-bond donors (Lipinski definition) is 1. The van der Waals surface area contributed by atoms with E-state index in [1.54, 1.807) is 0 Å². The number of nitrogens with two attached hydrogens (primary N) is 1. The lowest BCUT2D eigenvalue weighted by Gasteiger charge is -2.01. The Labute approximate surface area is 63.8 Å². The maximum absolute atomic E-state index is 12.0. The van der Waals surface area contributed by atoms with Crippen molar-refractivity contribution < 1.29 is 8.78 Å². The molecule has 0 saturated carbocycles. The zero-order valence-electron chi connectivity index (χ0n) is 5.98. The molecular formula is C8H9F2N. The third-order valence-corrected chi connectivity index (χ3v) is 1.51. The van der Waals surface area contributed by atoms with Gasteiger partial charge >= 0.3 is 0 Å². The molecule has 11 heavy (non-hydrogen) atoms. The molecule has 0 radical (unpaired) electrons. The zero-order chi connectivity index (χ0) is 8.27. The third kappa shape index (κ3) is 1.67. The predicted octanol–water partition coefficient (Wildman–Crippen LogP) is 2.21. The topological polar surface area (TPSA) is 26.0 Å². The van der Waals surface area contributed by atoms with Crippen molar-refractivity contribution in [2.75, 3.05) is 5.73 Å². The quantitative estimate of drug-likeness (QED) is 0.654. The second kappa shape index (κ2) is 3.32. The van der Waals surface area contributed by atoms with Crippen LogP contribution >= 0.6 is 0 Å². The lowest BCUT2D eigenvalue weighted by molar-refractivity contribution is 0.480. The molecule has 0 unspecified atom stereocenters. The van der Waals surface area contributed by atoms with Crippen molar-refractivity contribution in [2.45, 2.75) is 13.3 Å². The first-order valence-corrected chi connectivity index (χ1v) is 3.27. The minimum absolute atomic E-state index is 0.322. The van der Waals surface area contributed by atoms with Gasteiger partial charge in [-0.15, -0.1) is 0 Å². The normalized spacial score (nSPS) is 10.0. The van der Waals surface area contributed by atoms with Crippen molar-refractivity contribution in [2.24, 2.45) is 0 Å². The van der Waals surface area contributed by atoms with Gasteiger partial charge in [0, 0.05) is 11.3 Å². The van der Waals surface area contributed by atoms with Gasteiger partial charge in [-0.25, -0.2) is 8.78 Å². The van der Waals surface area contributed by atoms with Gasteiger partial charge in [-0.05, 0) is 11.6 Å². The van der Waals surface area contributed by atoms with Crippen LogP contribution in [-0.4, -0.2) is 0 Å². The van der Waals surface area contributed by atoms with Crippen LogP contribution in [0.5, 0.6) is 0 Å². The summed E-state index contributed by atoms with van der Waals surface area (Å²) in [6, 6.07) is 4.49. The first kappa shape index (κ1) is 7.98. The van der Waals surface area contributed by atoms with Gasteiger partial charge in [0.1, 0.15) is 13.3 Å². The SMILES string of the molecule is Nc1cc(CF)ccc1CF. The highest BCUT2D eigenvalue weighted by Crippen LogP contribution is 2.15. The molecule has 0 bridgehead atoms. The van der Waals surface area contributed by atoms with Crippen molar-refractivity contribution in [3.8, 4) is 0 Å². The second-order valence-corrected chi connectivity index (χ2v) is 2.30. The molecule has 0 fully saturated rings. The van der Waals surface area contributed by atoms with Gasteiger partial charge in [-0.3, -0.25) is 0 Å². The van der Waals surface area contributed by atoms with E-state index in [0.29, 0.717) is 16.8 Å². The number of rotatable bonds is 2. The molecule has 1 rings (SSSR count). The van der Waals surface area contributed by atoms with E-state index in [1.807, 2.05) is 0 Å². The fourth-order valence-corrected chi connectivity index (χ4v) is 0.849. The minimum atomic E-state index is -0.599. The summed E-state index contributed by atoms with van der Waals surface area (Å²) in [4.78, 5) is 0. The Balaban J connectivity index is 2.99. The summed E-state index contributed by atoms with van der Waals surface area (Å²) in [5, 5.41) is 0.